The van der Waals surface area contributed by atoms with E-state index in [1.165, 1.54) is 10.9 Å². The highest BCUT2D eigenvalue weighted by Crippen LogP contribution is 2.39. The van der Waals surface area contributed by atoms with Crippen LogP contribution in [0.1, 0.15) is 24.6 Å². The molecule has 3 aromatic rings. The van der Waals surface area contributed by atoms with Gasteiger partial charge in [-0.2, -0.15) is 9.97 Å². The van der Waals surface area contributed by atoms with Gasteiger partial charge in [0.1, 0.15) is 12.2 Å². The molecule has 0 spiro atoms. The SMILES string of the molecule is C#C[C@@]1(O)C(COC(Cc2ccccc2)(C(=O)O)C(=O)O)O[C@@H](n2cnc3c(NC4CCOCC4)nc(Cl)nc32)[C@@H]1O. The Hall–Kier alpha value is -3.84. The number of nitrogens with one attached hydrogen (secondary N) is 1. The van der Waals surface area contributed by atoms with Crippen molar-refractivity contribution in [2.24, 2.45) is 0 Å². The van der Waals surface area contributed by atoms with Crippen LogP contribution in [-0.4, -0.2) is 101 Å². The molecule has 2 aromatic heterocycles. The Labute approximate surface area is 244 Å². The van der Waals surface area contributed by atoms with Crippen molar-refractivity contribution in [2.45, 2.75) is 54.9 Å². The molecule has 0 bridgehead atoms. The third-order valence-electron chi connectivity index (χ3n) is 7.45. The Morgan fingerprint density at radius 1 is 1.21 bits per heavy atom. The zero-order chi connectivity index (χ0) is 30.1. The summed E-state index contributed by atoms with van der Waals surface area (Å²) in [7, 11) is 0. The van der Waals surface area contributed by atoms with Crippen molar-refractivity contribution in [3.63, 3.8) is 0 Å². The van der Waals surface area contributed by atoms with E-state index in [1.54, 1.807) is 30.3 Å². The summed E-state index contributed by atoms with van der Waals surface area (Å²) in [6.45, 7) is 0.375. The van der Waals surface area contributed by atoms with E-state index in [-0.39, 0.29) is 17.0 Å². The van der Waals surface area contributed by atoms with Gasteiger partial charge in [0, 0.05) is 25.7 Å². The molecule has 2 aliphatic rings. The Morgan fingerprint density at radius 3 is 2.55 bits per heavy atom. The zero-order valence-electron chi connectivity index (χ0n) is 22.1. The van der Waals surface area contributed by atoms with Crippen LogP contribution >= 0.6 is 11.6 Å². The Morgan fingerprint density at radius 2 is 1.90 bits per heavy atom. The number of fused-ring (bicyclic) bond motifs is 1. The van der Waals surface area contributed by atoms with Gasteiger partial charge >= 0.3 is 11.9 Å². The summed E-state index contributed by atoms with van der Waals surface area (Å²) < 4.78 is 18.1. The summed E-state index contributed by atoms with van der Waals surface area (Å²) in [5.41, 5.74) is -4.30. The fraction of sp³-hybridized carbons (Fsp3) is 0.444. The first kappa shape index (κ1) is 29.6. The second-order valence-electron chi connectivity index (χ2n) is 10.0. The van der Waals surface area contributed by atoms with E-state index in [0.29, 0.717) is 30.1 Å². The highest BCUT2D eigenvalue weighted by molar-refractivity contribution is 6.28. The Balaban J connectivity index is 1.43. The molecule has 14 nitrogen and oxygen atoms in total. The van der Waals surface area contributed by atoms with E-state index in [1.807, 2.05) is 0 Å². The van der Waals surface area contributed by atoms with E-state index in [2.05, 4.69) is 26.2 Å². The largest absolute Gasteiger partial charge is 0.479 e. The number of hydrogen-bond acceptors (Lipinski definition) is 11. The minimum Gasteiger partial charge on any atom is -0.479 e. The van der Waals surface area contributed by atoms with Gasteiger partial charge < -0.3 is 40.0 Å². The third-order valence-corrected chi connectivity index (χ3v) is 7.61. The number of benzene rings is 1. The molecular formula is C27H28ClN5O9. The number of terminal acetylenes is 1. The van der Waals surface area contributed by atoms with Gasteiger partial charge in [0.25, 0.3) is 5.60 Å². The maximum atomic E-state index is 12.2. The molecule has 1 unspecified atom stereocenters. The lowest BCUT2D eigenvalue weighted by atomic mass is 9.92. The van der Waals surface area contributed by atoms with Gasteiger partial charge in [-0.25, -0.2) is 14.6 Å². The lowest BCUT2D eigenvalue weighted by molar-refractivity contribution is -0.191. The molecule has 4 heterocycles. The number of aliphatic carboxylic acids is 2. The maximum absolute atomic E-state index is 12.2. The standard InChI is InChI=1S/C27H28ClN5O9/c1-2-26(39)17(13-41-27(23(35)36,24(37)38)12-15-6-4-3-5-7-15)42-22(19(26)34)33-14-29-18-20(31-25(28)32-21(18)33)30-16-8-10-40-11-9-16/h1,3-7,14,16-17,19,22,34,39H,8-13H2,(H,35,36)(H,37,38)(H,30,31,32)/t17?,19-,22+,26+/m0/s1. The van der Waals surface area contributed by atoms with Crippen molar-refractivity contribution in [1.82, 2.24) is 19.5 Å². The Bertz CT molecular complexity index is 1490. The zero-order valence-corrected chi connectivity index (χ0v) is 22.8. The molecule has 0 radical (unpaired) electrons. The molecule has 2 aliphatic heterocycles. The van der Waals surface area contributed by atoms with Crippen LogP contribution < -0.4 is 5.32 Å². The molecule has 0 amide bonds. The van der Waals surface area contributed by atoms with Crippen LogP contribution in [0.5, 0.6) is 0 Å². The van der Waals surface area contributed by atoms with E-state index in [0.717, 1.165) is 12.8 Å². The quantitative estimate of drug-likeness (QED) is 0.125. The number of aliphatic hydroxyl groups excluding tert-OH is 1. The molecule has 2 fully saturated rings. The van der Waals surface area contributed by atoms with Crippen molar-refractivity contribution in [3.05, 3.63) is 47.5 Å². The minimum atomic E-state index is -2.74. The average molecular weight is 602 g/mol. The first-order valence-corrected chi connectivity index (χ1v) is 13.4. The number of hydrogen-bond donors (Lipinski definition) is 5. The fourth-order valence-electron chi connectivity index (χ4n) is 5.05. The van der Waals surface area contributed by atoms with Gasteiger partial charge in [-0.1, -0.05) is 36.3 Å². The summed E-state index contributed by atoms with van der Waals surface area (Å²) in [4.78, 5) is 37.3. The smallest absolute Gasteiger partial charge is 0.348 e. The number of imidazole rings is 1. The number of carbonyl (C=O) groups is 2. The van der Waals surface area contributed by atoms with Crippen LogP contribution in [0.15, 0.2) is 36.7 Å². The van der Waals surface area contributed by atoms with Gasteiger partial charge in [-0.3, -0.25) is 4.57 Å². The number of aromatic nitrogens is 4. The van der Waals surface area contributed by atoms with Crippen LogP contribution in [0.3, 0.4) is 0 Å². The normalized spacial score (nSPS) is 24.9. The van der Waals surface area contributed by atoms with E-state index in [9.17, 15) is 30.0 Å². The molecule has 5 rings (SSSR count). The molecule has 2 saturated heterocycles. The molecule has 4 atom stereocenters. The molecule has 0 aliphatic carbocycles. The number of ether oxygens (including phenoxy) is 3. The number of halogens is 1. The summed E-state index contributed by atoms with van der Waals surface area (Å²) in [6.07, 6.45) is 3.12. The van der Waals surface area contributed by atoms with Crippen molar-refractivity contribution in [3.8, 4) is 12.3 Å². The predicted molar refractivity (Wildman–Crippen MR) is 146 cm³/mol. The second kappa shape index (κ2) is 11.8. The molecule has 0 saturated carbocycles. The highest BCUT2D eigenvalue weighted by atomic mass is 35.5. The summed E-state index contributed by atoms with van der Waals surface area (Å²) in [5, 5.41) is 45.4. The third kappa shape index (κ3) is 5.38. The van der Waals surface area contributed by atoms with Crippen LogP contribution in [0.4, 0.5) is 5.82 Å². The molecule has 1 aromatic carbocycles. The molecule has 222 valence electrons. The monoisotopic (exact) mass is 601 g/mol. The van der Waals surface area contributed by atoms with Gasteiger partial charge in [-0.15, -0.1) is 6.42 Å². The van der Waals surface area contributed by atoms with Crippen LogP contribution in [0.25, 0.3) is 11.2 Å². The maximum Gasteiger partial charge on any atom is 0.348 e. The van der Waals surface area contributed by atoms with E-state index in [4.69, 9.17) is 32.2 Å². The van der Waals surface area contributed by atoms with Gasteiger partial charge in [0.15, 0.2) is 28.8 Å². The first-order chi connectivity index (χ1) is 20.1. The number of anilines is 1. The molecular weight excluding hydrogens is 574 g/mol. The highest BCUT2D eigenvalue weighted by Gasteiger charge is 2.58. The van der Waals surface area contributed by atoms with Gasteiger partial charge in [0.05, 0.1) is 12.9 Å². The average Bonchev–Trinajstić information content (AvgIpc) is 3.50. The fourth-order valence-corrected chi connectivity index (χ4v) is 5.21. The van der Waals surface area contributed by atoms with Crippen LogP contribution in [-0.2, 0) is 30.2 Å². The van der Waals surface area contributed by atoms with Crippen molar-refractivity contribution < 1.29 is 44.2 Å². The molecule has 15 heteroatoms. The molecule has 5 N–H and O–H groups in total. The minimum absolute atomic E-state index is 0.0547. The van der Waals surface area contributed by atoms with Crippen molar-refractivity contribution in [1.29, 1.82) is 0 Å². The first-order valence-electron chi connectivity index (χ1n) is 13.0. The number of carboxylic acids is 2. The summed E-state index contributed by atoms with van der Waals surface area (Å²) >= 11 is 6.21. The molecule has 42 heavy (non-hydrogen) atoms. The van der Waals surface area contributed by atoms with Crippen LogP contribution in [0, 0.1) is 12.3 Å². The van der Waals surface area contributed by atoms with Gasteiger partial charge in [0.2, 0.25) is 5.28 Å². The van der Waals surface area contributed by atoms with Gasteiger partial charge in [-0.05, 0) is 30.0 Å². The Kier molecular flexibility index (Phi) is 8.33. The number of rotatable bonds is 10. The van der Waals surface area contributed by atoms with Crippen molar-refractivity contribution >= 4 is 40.5 Å². The number of nitrogens with zero attached hydrogens (tertiary/aromatic N) is 4. The summed E-state index contributed by atoms with van der Waals surface area (Å²) in [6, 6.07) is 8.09. The van der Waals surface area contributed by atoms with Crippen molar-refractivity contribution in [2.75, 3.05) is 25.1 Å². The topological polar surface area (TPSA) is 198 Å². The lowest BCUT2D eigenvalue weighted by Gasteiger charge is -2.30. The second-order valence-corrected chi connectivity index (χ2v) is 10.4. The lowest BCUT2D eigenvalue weighted by Crippen LogP contribution is -2.55. The predicted octanol–water partition coefficient (Wildman–Crippen LogP) is 0.860. The van der Waals surface area contributed by atoms with Crippen LogP contribution in [0.2, 0.25) is 5.28 Å². The number of carboxylic acid groups (broad SMARTS) is 2. The van der Waals surface area contributed by atoms with E-state index >= 15 is 0 Å². The van der Waals surface area contributed by atoms with E-state index < -0.39 is 54.6 Å². The summed E-state index contributed by atoms with van der Waals surface area (Å²) in [5.74, 6) is -1.10. The number of aliphatic hydroxyl groups is 2.